The highest BCUT2D eigenvalue weighted by Gasteiger charge is 2.01. The molecule has 0 bridgehead atoms. The quantitative estimate of drug-likeness (QED) is 0.853. The molecule has 0 saturated carbocycles. The summed E-state index contributed by atoms with van der Waals surface area (Å²) in [6.45, 7) is 1.56. The van der Waals surface area contributed by atoms with Crippen LogP contribution >= 0.6 is 11.3 Å². The number of benzene rings is 1. The van der Waals surface area contributed by atoms with Crippen molar-refractivity contribution in [1.29, 1.82) is 0 Å². The normalized spacial score (nSPS) is 10.4. The second kappa shape index (κ2) is 6.37. The number of ether oxygens (including phenoxy) is 1. The summed E-state index contributed by atoms with van der Waals surface area (Å²) in [5.74, 6) is 0.916. The van der Waals surface area contributed by atoms with Gasteiger partial charge in [-0.2, -0.15) is 0 Å². The van der Waals surface area contributed by atoms with E-state index in [1.165, 1.54) is 4.88 Å². The molecule has 0 amide bonds. The van der Waals surface area contributed by atoms with Crippen LogP contribution in [0, 0.1) is 0 Å². The highest BCUT2D eigenvalue weighted by Crippen LogP contribution is 2.14. The Bertz CT molecular complexity index is 442. The number of aromatic nitrogens is 1. The van der Waals surface area contributed by atoms with Gasteiger partial charge >= 0.3 is 0 Å². The van der Waals surface area contributed by atoms with Gasteiger partial charge in [-0.3, -0.25) is 0 Å². The Morgan fingerprint density at radius 1 is 1.29 bits per heavy atom. The summed E-state index contributed by atoms with van der Waals surface area (Å²) in [5.41, 5.74) is 0. The average molecular weight is 248 g/mol. The van der Waals surface area contributed by atoms with E-state index in [2.05, 4.69) is 10.3 Å². The summed E-state index contributed by atoms with van der Waals surface area (Å²) in [6.07, 6.45) is 2.79. The van der Waals surface area contributed by atoms with Crippen LogP contribution in [0.3, 0.4) is 0 Å². The third-order valence-corrected chi connectivity index (χ3v) is 3.34. The third kappa shape index (κ3) is 3.84. The molecule has 4 heteroatoms. The van der Waals surface area contributed by atoms with E-state index in [-0.39, 0.29) is 0 Å². The van der Waals surface area contributed by atoms with Crippen LogP contribution in [0.2, 0.25) is 0 Å². The smallest absolute Gasteiger partial charge is 0.119 e. The summed E-state index contributed by atoms with van der Waals surface area (Å²) in [7, 11) is 1.94. The van der Waals surface area contributed by atoms with Crippen molar-refractivity contribution in [1.82, 2.24) is 10.3 Å². The van der Waals surface area contributed by atoms with Gasteiger partial charge in [-0.15, -0.1) is 11.3 Å². The van der Waals surface area contributed by atoms with Crippen LogP contribution in [0.25, 0.3) is 0 Å². The van der Waals surface area contributed by atoms with Gasteiger partial charge in [0.05, 0.1) is 11.6 Å². The molecule has 2 aromatic rings. The number of thiazole rings is 1. The molecule has 0 aliphatic carbocycles. The first-order chi connectivity index (χ1) is 8.38. The van der Waals surface area contributed by atoms with Gasteiger partial charge in [-0.1, -0.05) is 18.2 Å². The molecule has 17 heavy (non-hydrogen) atoms. The highest BCUT2D eigenvalue weighted by molar-refractivity contribution is 7.11. The van der Waals surface area contributed by atoms with Crippen LogP contribution in [0.1, 0.15) is 9.88 Å². The Kier molecular flexibility index (Phi) is 4.53. The van der Waals surface area contributed by atoms with Crippen molar-refractivity contribution in [2.45, 2.75) is 13.0 Å². The Hall–Kier alpha value is -1.39. The molecule has 1 aromatic carbocycles. The largest absolute Gasteiger partial charge is 0.493 e. The van der Waals surface area contributed by atoms with E-state index < -0.39 is 0 Å². The van der Waals surface area contributed by atoms with Crippen molar-refractivity contribution in [3.8, 4) is 5.75 Å². The van der Waals surface area contributed by atoms with Crippen LogP contribution in [0.5, 0.6) is 5.75 Å². The number of rotatable bonds is 6. The van der Waals surface area contributed by atoms with Crippen LogP contribution < -0.4 is 10.1 Å². The molecule has 0 fully saturated rings. The summed E-state index contributed by atoms with van der Waals surface area (Å²) in [6, 6.07) is 9.87. The van der Waals surface area contributed by atoms with Crippen LogP contribution in [-0.4, -0.2) is 18.6 Å². The summed E-state index contributed by atoms with van der Waals surface area (Å²) >= 11 is 1.74. The van der Waals surface area contributed by atoms with Gasteiger partial charge in [0.2, 0.25) is 0 Å². The predicted octanol–water partition coefficient (Wildman–Crippen LogP) is 2.48. The minimum atomic E-state index is 0.677. The molecule has 0 spiro atoms. The fourth-order valence-electron chi connectivity index (χ4n) is 1.49. The van der Waals surface area contributed by atoms with E-state index in [4.69, 9.17) is 4.74 Å². The Labute approximate surface area is 105 Å². The van der Waals surface area contributed by atoms with Gasteiger partial charge in [0, 0.05) is 24.0 Å². The van der Waals surface area contributed by atoms with Crippen molar-refractivity contribution < 1.29 is 4.74 Å². The molecule has 1 heterocycles. The topological polar surface area (TPSA) is 34.2 Å². The first kappa shape index (κ1) is 12.1. The zero-order valence-electron chi connectivity index (χ0n) is 9.85. The zero-order valence-corrected chi connectivity index (χ0v) is 10.7. The lowest BCUT2D eigenvalue weighted by molar-refractivity contribution is 0.322. The van der Waals surface area contributed by atoms with Crippen molar-refractivity contribution in [2.75, 3.05) is 13.7 Å². The van der Waals surface area contributed by atoms with Crippen molar-refractivity contribution in [3.63, 3.8) is 0 Å². The van der Waals surface area contributed by atoms with Crippen molar-refractivity contribution >= 4 is 11.3 Å². The van der Waals surface area contributed by atoms with Gasteiger partial charge in [-0.05, 0) is 19.2 Å². The van der Waals surface area contributed by atoms with E-state index in [0.29, 0.717) is 6.61 Å². The van der Waals surface area contributed by atoms with E-state index >= 15 is 0 Å². The molecule has 0 aliphatic rings. The molecule has 0 aliphatic heterocycles. The number of nitrogens with zero attached hydrogens (tertiary/aromatic N) is 1. The maximum Gasteiger partial charge on any atom is 0.119 e. The van der Waals surface area contributed by atoms with Crippen molar-refractivity contribution in [2.24, 2.45) is 0 Å². The van der Waals surface area contributed by atoms with Gasteiger partial charge in [0.25, 0.3) is 0 Å². The highest BCUT2D eigenvalue weighted by atomic mass is 32.1. The standard InChI is InChI=1S/C13H16N2OS/c1-14-9-12-10-15-13(17-12)7-8-16-11-5-3-2-4-6-11/h2-6,10,14H,7-9H2,1H3. The van der Waals surface area contributed by atoms with E-state index in [1.807, 2.05) is 43.6 Å². The monoisotopic (exact) mass is 248 g/mol. The van der Waals surface area contributed by atoms with Crippen molar-refractivity contribution in [3.05, 3.63) is 46.4 Å². The second-order valence-corrected chi connectivity index (χ2v) is 4.86. The Balaban J connectivity index is 1.78. The number of para-hydroxylation sites is 1. The SMILES string of the molecule is CNCc1cnc(CCOc2ccccc2)s1. The fraction of sp³-hybridized carbons (Fsp3) is 0.308. The maximum absolute atomic E-state index is 5.63. The predicted molar refractivity (Wildman–Crippen MR) is 70.5 cm³/mol. The molecule has 0 unspecified atom stereocenters. The molecule has 2 rings (SSSR count). The fourth-order valence-corrected chi connectivity index (χ4v) is 2.41. The minimum absolute atomic E-state index is 0.677. The summed E-state index contributed by atoms with van der Waals surface area (Å²) < 4.78 is 5.63. The lowest BCUT2D eigenvalue weighted by atomic mass is 10.3. The molecule has 0 radical (unpaired) electrons. The molecule has 3 nitrogen and oxygen atoms in total. The second-order valence-electron chi connectivity index (χ2n) is 3.66. The molecule has 0 atom stereocenters. The van der Waals surface area contributed by atoms with Crippen LogP contribution in [-0.2, 0) is 13.0 Å². The number of hydrogen-bond acceptors (Lipinski definition) is 4. The van der Waals surface area contributed by atoms with Gasteiger partial charge in [0.1, 0.15) is 5.75 Å². The number of nitrogens with one attached hydrogen (secondary N) is 1. The molecular formula is C13H16N2OS. The molecule has 1 N–H and O–H groups in total. The lowest BCUT2D eigenvalue weighted by Crippen LogP contribution is -2.02. The Morgan fingerprint density at radius 3 is 2.88 bits per heavy atom. The number of hydrogen-bond donors (Lipinski definition) is 1. The average Bonchev–Trinajstić information content (AvgIpc) is 2.79. The van der Waals surface area contributed by atoms with Crippen LogP contribution in [0.4, 0.5) is 0 Å². The molecular weight excluding hydrogens is 232 g/mol. The van der Waals surface area contributed by atoms with Gasteiger partial charge < -0.3 is 10.1 Å². The van der Waals surface area contributed by atoms with Gasteiger partial charge in [0.15, 0.2) is 0 Å². The van der Waals surface area contributed by atoms with E-state index in [9.17, 15) is 0 Å². The van der Waals surface area contributed by atoms with E-state index in [0.717, 1.165) is 23.7 Å². The van der Waals surface area contributed by atoms with Gasteiger partial charge in [-0.25, -0.2) is 4.98 Å². The third-order valence-electron chi connectivity index (χ3n) is 2.28. The van der Waals surface area contributed by atoms with E-state index in [1.54, 1.807) is 11.3 Å². The summed E-state index contributed by atoms with van der Waals surface area (Å²) in [4.78, 5) is 5.63. The first-order valence-corrected chi connectivity index (χ1v) is 6.46. The molecule has 1 aromatic heterocycles. The maximum atomic E-state index is 5.63. The Morgan fingerprint density at radius 2 is 2.12 bits per heavy atom. The van der Waals surface area contributed by atoms with Crippen LogP contribution in [0.15, 0.2) is 36.5 Å². The zero-order chi connectivity index (χ0) is 11.9. The first-order valence-electron chi connectivity index (χ1n) is 5.64. The summed E-state index contributed by atoms with van der Waals surface area (Å²) in [5, 5.41) is 4.25. The minimum Gasteiger partial charge on any atom is -0.493 e. The lowest BCUT2D eigenvalue weighted by Gasteiger charge is -2.03. The molecule has 0 saturated heterocycles. The molecule has 90 valence electrons.